The lowest BCUT2D eigenvalue weighted by molar-refractivity contribution is -0.154. The molecule has 0 aromatic heterocycles. The summed E-state index contributed by atoms with van der Waals surface area (Å²) < 4.78 is 10.6. The second-order valence-electron chi connectivity index (χ2n) is 11.0. The van der Waals surface area contributed by atoms with Crippen LogP contribution in [-0.4, -0.2) is 62.8 Å². The van der Waals surface area contributed by atoms with Crippen LogP contribution in [0.1, 0.15) is 37.5 Å². The summed E-state index contributed by atoms with van der Waals surface area (Å²) in [5.41, 5.74) is 0.419. The number of imide groups is 1. The summed E-state index contributed by atoms with van der Waals surface area (Å²) in [7, 11) is 1.49. The standard InChI is InChI=1S/C32H24Br2Cl2N2O7/c1-44-19-4-2-3-16(11-19)32(43)45-18-8-5-15(6-9-18)24(39)14-37(29(40)20-10-7-17(35)12-23(20)36)38-30(41)25-21-13-22(26(25)31(38)42)28(34)27(21)33/h2-12,21-22,25-28H,13-14H2,1H3/t21-,22-,25-,26+,27+,28+/m1/s1. The first-order chi connectivity index (χ1) is 21.5. The molecule has 3 amide bonds. The molecule has 2 bridgehead atoms. The van der Waals surface area contributed by atoms with Gasteiger partial charge in [-0.2, -0.15) is 5.01 Å². The van der Waals surface area contributed by atoms with Crippen molar-refractivity contribution in [1.82, 2.24) is 10.0 Å². The zero-order valence-corrected chi connectivity index (χ0v) is 28.2. The molecule has 2 saturated carbocycles. The monoisotopic (exact) mass is 776 g/mol. The molecule has 3 aliphatic rings. The summed E-state index contributed by atoms with van der Waals surface area (Å²) in [4.78, 5) is 67.8. The van der Waals surface area contributed by atoms with Gasteiger partial charge in [0.15, 0.2) is 5.78 Å². The zero-order chi connectivity index (χ0) is 32.2. The minimum atomic E-state index is -0.798. The predicted molar refractivity (Wildman–Crippen MR) is 172 cm³/mol. The average Bonchev–Trinajstić information content (AvgIpc) is 3.64. The second-order valence-corrected chi connectivity index (χ2v) is 14.0. The molecule has 6 atom stereocenters. The lowest BCUT2D eigenvalue weighted by atomic mass is 9.81. The molecule has 6 rings (SSSR count). The van der Waals surface area contributed by atoms with Gasteiger partial charge in [0.1, 0.15) is 18.0 Å². The van der Waals surface area contributed by atoms with Gasteiger partial charge in [0.2, 0.25) is 0 Å². The third kappa shape index (κ3) is 5.68. The molecular formula is C32H24Br2Cl2N2O7. The zero-order valence-electron chi connectivity index (χ0n) is 23.5. The van der Waals surface area contributed by atoms with Crippen LogP contribution in [0, 0.1) is 23.7 Å². The van der Waals surface area contributed by atoms with Gasteiger partial charge in [-0.1, -0.05) is 61.1 Å². The first kappa shape index (κ1) is 31.7. The van der Waals surface area contributed by atoms with Gasteiger partial charge in [0.25, 0.3) is 17.7 Å². The van der Waals surface area contributed by atoms with Crippen molar-refractivity contribution < 1.29 is 33.4 Å². The van der Waals surface area contributed by atoms with E-state index >= 15 is 0 Å². The number of benzene rings is 3. The highest BCUT2D eigenvalue weighted by molar-refractivity contribution is 9.12. The van der Waals surface area contributed by atoms with Crippen LogP contribution >= 0.6 is 55.1 Å². The molecule has 3 aromatic rings. The van der Waals surface area contributed by atoms with Crippen LogP contribution < -0.4 is 9.47 Å². The Bertz CT molecular complexity index is 1700. The smallest absolute Gasteiger partial charge is 0.343 e. The molecule has 13 heteroatoms. The van der Waals surface area contributed by atoms with E-state index in [4.69, 9.17) is 32.7 Å². The number of esters is 1. The SMILES string of the molecule is COc1cccc(C(=O)Oc2ccc(C(=O)CN(C(=O)c3ccc(Cl)cc3Cl)N3C(=O)[C@@H]4[C@H]5C[C@@H]([C@H](Br)[C@H]5Br)[C@@H]4C3=O)cc2)c1. The van der Waals surface area contributed by atoms with Crippen LogP contribution in [0.5, 0.6) is 11.5 Å². The number of halogens is 4. The van der Waals surface area contributed by atoms with E-state index in [-0.39, 0.29) is 54.0 Å². The summed E-state index contributed by atoms with van der Waals surface area (Å²) in [6, 6.07) is 16.4. The van der Waals surface area contributed by atoms with Crippen LogP contribution in [-0.2, 0) is 9.59 Å². The maximum absolute atomic E-state index is 13.9. The fourth-order valence-corrected chi connectivity index (χ4v) is 8.82. The van der Waals surface area contributed by atoms with E-state index in [0.29, 0.717) is 12.2 Å². The number of amides is 3. The lowest BCUT2D eigenvalue weighted by Crippen LogP contribution is -2.52. The van der Waals surface area contributed by atoms with Crippen molar-refractivity contribution in [2.24, 2.45) is 23.7 Å². The second kappa shape index (κ2) is 12.5. The average molecular weight is 779 g/mol. The Kier molecular flexibility index (Phi) is 8.82. The number of alkyl halides is 2. The third-order valence-corrected chi connectivity index (χ3v) is 12.3. The van der Waals surface area contributed by atoms with Gasteiger partial charge in [-0.25, -0.2) is 9.80 Å². The molecule has 0 unspecified atom stereocenters. The summed E-state index contributed by atoms with van der Waals surface area (Å²) in [5.74, 6) is -3.74. The number of carbonyl (C=O) groups is 5. The first-order valence-electron chi connectivity index (χ1n) is 13.9. The Morgan fingerprint density at radius 3 is 2.11 bits per heavy atom. The molecule has 9 nitrogen and oxygen atoms in total. The fraction of sp³-hybridized carbons (Fsp3) is 0.281. The Morgan fingerprint density at radius 1 is 0.867 bits per heavy atom. The summed E-state index contributed by atoms with van der Waals surface area (Å²) in [6.07, 6.45) is 0.705. The van der Waals surface area contributed by atoms with Crippen LogP contribution in [0.25, 0.3) is 0 Å². The van der Waals surface area contributed by atoms with Gasteiger partial charge in [0.05, 0.1) is 35.1 Å². The summed E-state index contributed by atoms with van der Waals surface area (Å²) >= 11 is 19.7. The molecular weight excluding hydrogens is 755 g/mol. The number of fused-ring (bicyclic) bond motifs is 5. The number of ether oxygens (including phenoxy) is 2. The number of hydrazine groups is 1. The summed E-state index contributed by atoms with van der Waals surface area (Å²) in [6.45, 7) is -0.623. The van der Waals surface area contributed by atoms with Crippen molar-refractivity contribution >= 4 is 84.5 Å². The number of rotatable bonds is 8. The van der Waals surface area contributed by atoms with Gasteiger partial charge in [-0.15, -0.1) is 0 Å². The maximum Gasteiger partial charge on any atom is 0.343 e. The first-order valence-corrected chi connectivity index (χ1v) is 16.5. The van der Waals surface area contributed by atoms with Gasteiger partial charge >= 0.3 is 5.97 Å². The number of hydrogen-bond acceptors (Lipinski definition) is 7. The number of ketones is 1. The van der Waals surface area contributed by atoms with Gasteiger partial charge in [-0.05, 0) is 78.9 Å². The quantitative estimate of drug-likeness (QED) is 0.0876. The molecule has 1 aliphatic heterocycles. The predicted octanol–water partition coefficient (Wildman–Crippen LogP) is 6.24. The van der Waals surface area contributed by atoms with Crippen molar-refractivity contribution in [2.45, 2.75) is 16.1 Å². The number of Topliss-reactive ketones (excluding diaryl/α,β-unsaturated/α-hetero) is 1. The van der Waals surface area contributed by atoms with Crippen molar-refractivity contribution in [3.8, 4) is 11.5 Å². The Morgan fingerprint density at radius 2 is 1.51 bits per heavy atom. The van der Waals surface area contributed by atoms with E-state index in [1.165, 1.54) is 55.6 Å². The highest BCUT2D eigenvalue weighted by Crippen LogP contribution is 2.60. The van der Waals surface area contributed by atoms with E-state index in [2.05, 4.69) is 31.9 Å². The molecule has 0 radical (unpaired) electrons. The molecule has 45 heavy (non-hydrogen) atoms. The molecule has 2 aliphatic carbocycles. The highest BCUT2D eigenvalue weighted by Gasteiger charge is 2.67. The number of carbonyl (C=O) groups excluding carboxylic acids is 5. The van der Waals surface area contributed by atoms with E-state index in [1.54, 1.807) is 18.2 Å². The van der Waals surface area contributed by atoms with Crippen molar-refractivity contribution in [1.29, 1.82) is 0 Å². The maximum atomic E-state index is 13.9. The molecule has 3 aromatic carbocycles. The van der Waals surface area contributed by atoms with E-state index in [9.17, 15) is 24.0 Å². The Balaban J connectivity index is 1.25. The van der Waals surface area contributed by atoms with Crippen LogP contribution in [0.3, 0.4) is 0 Å². The fourth-order valence-electron chi connectivity index (χ4n) is 6.46. The van der Waals surface area contributed by atoms with Gasteiger partial charge < -0.3 is 9.47 Å². The van der Waals surface area contributed by atoms with Gasteiger partial charge in [-0.3, -0.25) is 19.2 Å². The molecule has 232 valence electrons. The van der Waals surface area contributed by atoms with Crippen molar-refractivity contribution in [2.75, 3.05) is 13.7 Å². The third-order valence-electron chi connectivity index (χ3n) is 8.59. The molecule has 0 N–H and O–H groups in total. The van der Waals surface area contributed by atoms with E-state index < -0.39 is 47.9 Å². The van der Waals surface area contributed by atoms with E-state index in [0.717, 1.165) is 10.0 Å². The Hall–Kier alpha value is -3.25. The number of hydrogen-bond donors (Lipinski definition) is 0. The van der Waals surface area contributed by atoms with Crippen LogP contribution in [0.4, 0.5) is 0 Å². The largest absolute Gasteiger partial charge is 0.497 e. The minimum absolute atomic E-state index is 0.00604. The molecule has 1 heterocycles. The normalized spacial score (nSPS) is 24.9. The van der Waals surface area contributed by atoms with Crippen LogP contribution in [0.15, 0.2) is 66.7 Å². The van der Waals surface area contributed by atoms with E-state index in [1.807, 2.05) is 0 Å². The molecule has 1 saturated heterocycles. The Labute approximate surface area is 285 Å². The highest BCUT2D eigenvalue weighted by atomic mass is 79.9. The number of methoxy groups -OCH3 is 1. The summed E-state index contributed by atoms with van der Waals surface area (Å²) in [5, 5.41) is 2.00. The molecule has 0 spiro atoms. The van der Waals surface area contributed by atoms with Crippen LogP contribution in [0.2, 0.25) is 10.0 Å². The van der Waals surface area contributed by atoms with Crippen molar-refractivity contribution in [3.63, 3.8) is 0 Å². The minimum Gasteiger partial charge on any atom is -0.497 e. The lowest BCUT2D eigenvalue weighted by Gasteiger charge is -2.31. The molecule has 3 fully saturated rings. The van der Waals surface area contributed by atoms with Gasteiger partial charge in [0, 0.05) is 20.2 Å². The van der Waals surface area contributed by atoms with Crippen molar-refractivity contribution in [3.05, 3.63) is 93.5 Å². The number of nitrogens with zero attached hydrogens (tertiary/aromatic N) is 2. The topological polar surface area (TPSA) is 110 Å².